The zero-order chi connectivity index (χ0) is 24.0. The van der Waals surface area contributed by atoms with Gasteiger partial charge < -0.3 is 10.0 Å². The smallest absolute Gasteiger partial charge is 0.290 e. The third kappa shape index (κ3) is 3.72. The maximum absolute atomic E-state index is 14.0. The molecular formula is C28H27ClN4O2. The molecule has 1 N–H and O–H groups in total. The van der Waals surface area contributed by atoms with Crippen LogP contribution in [0.1, 0.15) is 48.3 Å². The highest BCUT2D eigenvalue weighted by molar-refractivity contribution is 6.30. The van der Waals surface area contributed by atoms with Crippen LogP contribution in [0.15, 0.2) is 73.1 Å². The second-order valence-corrected chi connectivity index (χ2v) is 10.0. The summed E-state index contributed by atoms with van der Waals surface area (Å²) in [5, 5.41) is 12.5. The van der Waals surface area contributed by atoms with Gasteiger partial charge in [0.25, 0.3) is 5.91 Å². The fourth-order valence-corrected chi connectivity index (χ4v) is 6.25. The number of rotatable bonds is 3. The Morgan fingerprint density at radius 3 is 2.71 bits per heavy atom. The van der Waals surface area contributed by atoms with E-state index >= 15 is 0 Å². The van der Waals surface area contributed by atoms with Crippen LogP contribution in [-0.2, 0) is 5.60 Å². The van der Waals surface area contributed by atoms with Crippen LogP contribution >= 0.6 is 11.6 Å². The minimum atomic E-state index is -0.925. The zero-order valence-corrected chi connectivity index (χ0v) is 20.1. The van der Waals surface area contributed by atoms with Crippen LogP contribution in [0.25, 0.3) is 16.9 Å². The molecule has 1 amide bonds. The van der Waals surface area contributed by atoms with Crippen molar-refractivity contribution >= 4 is 23.2 Å². The highest BCUT2D eigenvalue weighted by Crippen LogP contribution is 2.47. The lowest BCUT2D eigenvalue weighted by atomic mass is 9.66. The van der Waals surface area contributed by atoms with Crippen molar-refractivity contribution in [3.8, 4) is 11.3 Å². The SMILES string of the molecule is O=C(c1nc(-c2cccc(Cl)c2)c2ncccn12)N1CCC(O)(c2ccccc2)[C@@H]2CCCC[C@@H]21. The lowest BCUT2D eigenvalue weighted by Gasteiger charge is -2.52. The summed E-state index contributed by atoms with van der Waals surface area (Å²) in [7, 11) is 0. The summed E-state index contributed by atoms with van der Waals surface area (Å²) in [5.41, 5.74) is 2.10. The van der Waals surface area contributed by atoms with Gasteiger partial charge >= 0.3 is 0 Å². The molecule has 0 radical (unpaired) electrons. The van der Waals surface area contributed by atoms with Gasteiger partial charge in [-0.15, -0.1) is 0 Å². The predicted octanol–water partition coefficient (Wildman–Crippen LogP) is 5.34. The summed E-state index contributed by atoms with van der Waals surface area (Å²) in [4.78, 5) is 25.3. The highest BCUT2D eigenvalue weighted by atomic mass is 35.5. The number of piperidine rings is 1. The molecule has 2 aromatic carbocycles. The number of nitrogens with zero attached hydrogens (tertiary/aromatic N) is 4. The Labute approximate surface area is 209 Å². The predicted molar refractivity (Wildman–Crippen MR) is 135 cm³/mol. The molecule has 1 saturated carbocycles. The second-order valence-electron chi connectivity index (χ2n) is 9.60. The molecule has 1 saturated heterocycles. The van der Waals surface area contributed by atoms with E-state index in [9.17, 15) is 9.90 Å². The van der Waals surface area contributed by atoms with Gasteiger partial charge in [-0.2, -0.15) is 0 Å². The van der Waals surface area contributed by atoms with Crippen molar-refractivity contribution in [1.29, 1.82) is 0 Å². The number of fused-ring (bicyclic) bond motifs is 2. The number of carbonyl (C=O) groups is 1. The molecule has 7 heteroatoms. The number of halogens is 1. The minimum absolute atomic E-state index is 0.00639. The number of amides is 1. The first kappa shape index (κ1) is 22.3. The third-order valence-corrected chi connectivity index (χ3v) is 7.94. The number of aromatic nitrogens is 3. The van der Waals surface area contributed by atoms with Crippen LogP contribution in [0.2, 0.25) is 5.02 Å². The Hall–Kier alpha value is -3.22. The molecule has 1 aliphatic carbocycles. The normalized spacial score (nSPS) is 24.3. The van der Waals surface area contributed by atoms with E-state index in [1.54, 1.807) is 16.7 Å². The third-order valence-electron chi connectivity index (χ3n) is 7.70. The molecule has 0 bridgehead atoms. The van der Waals surface area contributed by atoms with E-state index in [1.165, 1.54) is 0 Å². The number of likely N-dealkylation sites (tertiary alicyclic amines) is 1. The van der Waals surface area contributed by atoms with Gasteiger partial charge in [-0.1, -0.05) is 66.9 Å². The van der Waals surface area contributed by atoms with Crippen LogP contribution in [0.3, 0.4) is 0 Å². The van der Waals surface area contributed by atoms with E-state index in [2.05, 4.69) is 4.98 Å². The summed E-state index contributed by atoms with van der Waals surface area (Å²) in [6.07, 6.45) is 7.94. The Morgan fingerprint density at radius 2 is 1.89 bits per heavy atom. The average Bonchev–Trinajstić information content (AvgIpc) is 3.29. The first-order valence-electron chi connectivity index (χ1n) is 12.2. The van der Waals surface area contributed by atoms with Gasteiger partial charge in [-0.25, -0.2) is 9.97 Å². The molecule has 3 atom stereocenters. The van der Waals surface area contributed by atoms with Crippen molar-refractivity contribution in [3.63, 3.8) is 0 Å². The van der Waals surface area contributed by atoms with Crippen molar-refractivity contribution < 1.29 is 9.90 Å². The molecule has 2 aliphatic rings. The molecule has 1 aliphatic heterocycles. The Morgan fingerprint density at radius 1 is 1.06 bits per heavy atom. The van der Waals surface area contributed by atoms with Gasteiger partial charge in [-0.05, 0) is 43.0 Å². The molecule has 1 unspecified atom stereocenters. The molecule has 2 aromatic heterocycles. The monoisotopic (exact) mass is 486 g/mol. The number of imidazole rings is 1. The molecule has 3 heterocycles. The molecule has 4 aromatic rings. The quantitative estimate of drug-likeness (QED) is 0.424. The Balaban J connectivity index is 1.39. The molecule has 6 nitrogen and oxygen atoms in total. The van der Waals surface area contributed by atoms with E-state index in [0.717, 1.165) is 36.8 Å². The Kier molecular flexibility index (Phi) is 5.58. The lowest BCUT2D eigenvalue weighted by molar-refractivity contribution is -0.110. The fourth-order valence-electron chi connectivity index (χ4n) is 6.06. The van der Waals surface area contributed by atoms with Crippen molar-refractivity contribution in [3.05, 3.63) is 89.5 Å². The van der Waals surface area contributed by atoms with E-state index in [1.807, 2.05) is 65.7 Å². The topological polar surface area (TPSA) is 70.7 Å². The van der Waals surface area contributed by atoms with E-state index < -0.39 is 5.60 Å². The van der Waals surface area contributed by atoms with Gasteiger partial charge in [0.2, 0.25) is 5.82 Å². The molecular weight excluding hydrogens is 460 g/mol. The molecule has 0 spiro atoms. The maximum atomic E-state index is 14.0. The summed E-state index contributed by atoms with van der Waals surface area (Å²) >= 11 is 6.24. The summed E-state index contributed by atoms with van der Waals surface area (Å²) in [6, 6.07) is 19.2. The van der Waals surface area contributed by atoms with Gasteiger partial charge in [0.1, 0.15) is 5.69 Å². The molecule has 35 heavy (non-hydrogen) atoms. The fraction of sp³-hybridized carbons (Fsp3) is 0.321. The number of aliphatic hydroxyl groups is 1. The van der Waals surface area contributed by atoms with E-state index in [4.69, 9.17) is 16.6 Å². The van der Waals surface area contributed by atoms with Crippen LogP contribution in [0, 0.1) is 5.92 Å². The van der Waals surface area contributed by atoms with Crippen LogP contribution in [0.4, 0.5) is 0 Å². The highest BCUT2D eigenvalue weighted by Gasteiger charge is 2.50. The van der Waals surface area contributed by atoms with Crippen molar-refractivity contribution in [2.45, 2.75) is 43.7 Å². The molecule has 178 valence electrons. The van der Waals surface area contributed by atoms with Crippen molar-refractivity contribution in [2.75, 3.05) is 6.54 Å². The number of hydrogen-bond donors (Lipinski definition) is 1. The van der Waals surface area contributed by atoms with Gasteiger partial charge in [0.05, 0.1) is 5.60 Å². The maximum Gasteiger partial charge on any atom is 0.290 e. The Bertz CT molecular complexity index is 1390. The van der Waals surface area contributed by atoms with Gasteiger partial charge in [0.15, 0.2) is 5.65 Å². The second kappa shape index (κ2) is 8.77. The largest absolute Gasteiger partial charge is 0.385 e. The average molecular weight is 487 g/mol. The zero-order valence-electron chi connectivity index (χ0n) is 19.3. The standard InChI is InChI=1S/C28H27ClN4O2/c29-21-11-6-8-19(18-21)24-25-30-15-7-16-33(25)26(31-24)27(34)32-17-14-28(35,20-9-2-1-3-10-20)22-12-4-5-13-23(22)32/h1-3,6-11,15-16,18,22-23,35H,4-5,12-14,17H2/t22-,23+,28?/m1/s1. The number of benzene rings is 2. The number of hydrogen-bond acceptors (Lipinski definition) is 4. The van der Waals surface area contributed by atoms with E-state index in [-0.39, 0.29) is 17.9 Å². The first-order chi connectivity index (χ1) is 17.1. The van der Waals surface area contributed by atoms with Gasteiger partial charge in [-0.3, -0.25) is 9.20 Å². The summed E-state index contributed by atoms with van der Waals surface area (Å²) < 4.78 is 1.77. The van der Waals surface area contributed by atoms with Crippen molar-refractivity contribution in [1.82, 2.24) is 19.3 Å². The number of carbonyl (C=O) groups excluding carboxylic acids is 1. The molecule has 6 rings (SSSR count). The first-order valence-corrected chi connectivity index (χ1v) is 12.6. The molecule has 2 fully saturated rings. The van der Waals surface area contributed by atoms with Crippen LogP contribution in [0.5, 0.6) is 0 Å². The summed E-state index contributed by atoms with van der Waals surface area (Å²) in [6.45, 7) is 0.479. The minimum Gasteiger partial charge on any atom is -0.385 e. The van der Waals surface area contributed by atoms with Crippen molar-refractivity contribution in [2.24, 2.45) is 5.92 Å². The van der Waals surface area contributed by atoms with Crippen LogP contribution in [-0.4, -0.2) is 42.9 Å². The van der Waals surface area contributed by atoms with E-state index in [0.29, 0.717) is 35.2 Å². The lowest BCUT2D eigenvalue weighted by Crippen LogP contribution is -2.59. The van der Waals surface area contributed by atoms with Gasteiger partial charge in [0, 0.05) is 41.5 Å². The summed E-state index contributed by atoms with van der Waals surface area (Å²) in [5.74, 6) is 0.221. The van der Waals surface area contributed by atoms with Crippen LogP contribution < -0.4 is 0 Å².